The molecule has 0 amide bonds. The molecule has 4 aromatic carbocycles. The number of anilines is 3. The number of unbranched alkanes of at least 4 members (excludes halogenated alkanes) is 3. The van der Waals surface area contributed by atoms with Crippen molar-refractivity contribution in [2.45, 2.75) is 45.1 Å². The lowest BCUT2D eigenvalue weighted by molar-refractivity contribution is 0.0226. The first-order valence-corrected chi connectivity index (χ1v) is 13.9. The molecular formula is C34H34N2O3. The van der Waals surface area contributed by atoms with Crippen molar-refractivity contribution in [3.63, 3.8) is 0 Å². The number of carbonyl (C=O) groups is 1. The van der Waals surface area contributed by atoms with Gasteiger partial charge in [-0.3, -0.25) is 0 Å². The third kappa shape index (κ3) is 4.22. The molecule has 0 saturated heterocycles. The molecule has 39 heavy (non-hydrogen) atoms. The monoisotopic (exact) mass is 518 g/mol. The summed E-state index contributed by atoms with van der Waals surface area (Å²) < 4.78 is 13.1. The Balaban J connectivity index is 1.55. The Kier molecular flexibility index (Phi) is 6.51. The molecule has 4 aromatic rings. The van der Waals surface area contributed by atoms with Crippen LogP contribution in [-0.2, 0) is 10.3 Å². The number of hydrogen-bond donors (Lipinski definition) is 1. The second kappa shape index (κ2) is 10.1. The highest BCUT2D eigenvalue weighted by Crippen LogP contribution is 2.59. The molecule has 5 nitrogen and oxygen atoms in total. The van der Waals surface area contributed by atoms with Gasteiger partial charge >= 0.3 is 5.97 Å². The van der Waals surface area contributed by atoms with E-state index in [0.717, 1.165) is 52.3 Å². The molecule has 0 radical (unpaired) electrons. The van der Waals surface area contributed by atoms with Gasteiger partial charge in [-0.2, -0.15) is 0 Å². The number of carbonyl (C=O) groups excluding carboxylic acids is 1. The smallest absolute Gasteiger partial charge is 0.340 e. The van der Waals surface area contributed by atoms with Crippen molar-refractivity contribution in [3.8, 4) is 11.5 Å². The van der Waals surface area contributed by atoms with Crippen LogP contribution in [0.5, 0.6) is 11.5 Å². The van der Waals surface area contributed by atoms with E-state index in [2.05, 4.69) is 43.2 Å². The lowest BCUT2D eigenvalue weighted by atomic mass is 9.76. The SMILES string of the molecule is CCCCCCN(C)c1cccc2c1C1(OC(=O)c3ccccc31)c1cc(Nc3ccccc3)c(C)cc1O2. The van der Waals surface area contributed by atoms with E-state index >= 15 is 0 Å². The molecule has 2 aliphatic heterocycles. The largest absolute Gasteiger partial charge is 0.456 e. The number of nitrogens with zero attached hydrogens (tertiary/aromatic N) is 1. The van der Waals surface area contributed by atoms with Gasteiger partial charge in [0.05, 0.1) is 11.1 Å². The standard InChI is InChI=1S/C34H34N2O3/c1-4-5-6-12-20-36(3)29-18-13-19-30-32(29)34(26-17-11-10-16-25(26)33(37)39-34)27-22-28(23(2)21-31(27)38-30)35-24-14-8-7-9-15-24/h7-11,13-19,21-22,35H,4-6,12,20H2,1-3H3. The maximum absolute atomic E-state index is 13.4. The van der Waals surface area contributed by atoms with E-state index in [0.29, 0.717) is 17.1 Å². The van der Waals surface area contributed by atoms with Crippen LogP contribution in [0.3, 0.4) is 0 Å². The zero-order valence-electron chi connectivity index (χ0n) is 22.8. The average Bonchev–Trinajstić information content (AvgIpc) is 3.25. The first kappa shape index (κ1) is 25.1. The zero-order chi connectivity index (χ0) is 27.0. The lowest BCUT2D eigenvalue weighted by Crippen LogP contribution is -2.35. The van der Waals surface area contributed by atoms with Crippen LogP contribution in [0, 0.1) is 6.92 Å². The highest BCUT2D eigenvalue weighted by Gasteiger charge is 2.55. The van der Waals surface area contributed by atoms with E-state index < -0.39 is 5.60 Å². The van der Waals surface area contributed by atoms with Crippen LogP contribution in [0.1, 0.15) is 65.2 Å². The van der Waals surface area contributed by atoms with Crippen molar-refractivity contribution in [3.05, 3.63) is 113 Å². The predicted octanol–water partition coefficient (Wildman–Crippen LogP) is 8.32. The molecule has 0 fully saturated rings. The zero-order valence-corrected chi connectivity index (χ0v) is 22.8. The summed E-state index contributed by atoms with van der Waals surface area (Å²) in [5.41, 5.74) is 6.01. The topological polar surface area (TPSA) is 50.8 Å². The summed E-state index contributed by atoms with van der Waals surface area (Å²) in [5.74, 6) is 1.10. The number of fused-ring (bicyclic) bond motifs is 6. The van der Waals surface area contributed by atoms with Crippen molar-refractivity contribution in [1.82, 2.24) is 0 Å². The average molecular weight is 519 g/mol. The van der Waals surface area contributed by atoms with Crippen LogP contribution < -0.4 is 15.0 Å². The number of nitrogens with one attached hydrogen (secondary N) is 1. The molecule has 0 bridgehead atoms. The van der Waals surface area contributed by atoms with Gasteiger partial charge in [0, 0.05) is 41.8 Å². The van der Waals surface area contributed by atoms with Crippen LogP contribution in [0.15, 0.2) is 84.9 Å². The summed E-state index contributed by atoms with van der Waals surface area (Å²) in [7, 11) is 2.12. The van der Waals surface area contributed by atoms with Gasteiger partial charge < -0.3 is 19.7 Å². The van der Waals surface area contributed by atoms with Crippen LogP contribution in [-0.4, -0.2) is 19.6 Å². The molecule has 1 atom stereocenters. The number of rotatable bonds is 8. The van der Waals surface area contributed by atoms with Gasteiger partial charge in [0.2, 0.25) is 0 Å². The fourth-order valence-corrected chi connectivity index (χ4v) is 5.88. The summed E-state index contributed by atoms with van der Waals surface area (Å²) in [6.45, 7) is 5.19. The van der Waals surface area contributed by atoms with Gasteiger partial charge in [0.1, 0.15) is 11.5 Å². The van der Waals surface area contributed by atoms with Crippen molar-refractivity contribution >= 4 is 23.0 Å². The first-order valence-electron chi connectivity index (χ1n) is 13.9. The molecule has 1 N–H and O–H groups in total. The Morgan fingerprint density at radius 3 is 2.46 bits per heavy atom. The quantitative estimate of drug-likeness (QED) is 0.188. The van der Waals surface area contributed by atoms with Crippen molar-refractivity contribution in [1.29, 1.82) is 0 Å². The summed E-state index contributed by atoms with van der Waals surface area (Å²) in [6, 6.07) is 28.1. The minimum atomic E-state index is -1.12. The number of aryl methyl sites for hydroxylation is 1. The molecule has 5 heteroatoms. The van der Waals surface area contributed by atoms with Crippen LogP contribution >= 0.6 is 0 Å². The molecule has 0 aliphatic carbocycles. The third-order valence-electron chi connectivity index (χ3n) is 7.87. The van der Waals surface area contributed by atoms with Crippen LogP contribution in [0.4, 0.5) is 17.1 Å². The van der Waals surface area contributed by atoms with Crippen LogP contribution in [0.2, 0.25) is 0 Å². The van der Waals surface area contributed by atoms with Gasteiger partial charge in [0.15, 0.2) is 5.60 Å². The van der Waals surface area contributed by atoms with E-state index in [1.54, 1.807) is 0 Å². The highest BCUT2D eigenvalue weighted by molar-refractivity contribution is 5.97. The Bertz CT molecular complexity index is 1530. The molecule has 0 aromatic heterocycles. The fraction of sp³-hybridized carbons (Fsp3) is 0.265. The van der Waals surface area contributed by atoms with Gasteiger partial charge in [-0.1, -0.05) is 68.7 Å². The molecule has 1 unspecified atom stereocenters. The van der Waals surface area contributed by atoms with E-state index in [1.807, 2.05) is 72.8 Å². The van der Waals surface area contributed by atoms with E-state index in [9.17, 15) is 4.79 Å². The summed E-state index contributed by atoms with van der Waals surface area (Å²) >= 11 is 0. The van der Waals surface area contributed by atoms with Gasteiger partial charge in [-0.15, -0.1) is 0 Å². The van der Waals surface area contributed by atoms with Crippen LogP contribution in [0.25, 0.3) is 0 Å². The number of ether oxygens (including phenoxy) is 2. The molecule has 6 rings (SSSR count). The molecule has 198 valence electrons. The predicted molar refractivity (Wildman–Crippen MR) is 157 cm³/mol. The Morgan fingerprint density at radius 1 is 0.846 bits per heavy atom. The minimum Gasteiger partial charge on any atom is -0.456 e. The summed E-state index contributed by atoms with van der Waals surface area (Å²) in [6.07, 6.45) is 4.71. The Labute approximate surface area is 230 Å². The number of benzene rings is 4. The van der Waals surface area contributed by atoms with Gasteiger partial charge in [-0.05, 0) is 61.4 Å². The number of esters is 1. The highest BCUT2D eigenvalue weighted by atomic mass is 16.6. The minimum absolute atomic E-state index is 0.317. The molecule has 0 saturated carbocycles. The number of hydrogen-bond acceptors (Lipinski definition) is 5. The molecule has 2 heterocycles. The second-order valence-electron chi connectivity index (χ2n) is 10.5. The maximum Gasteiger partial charge on any atom is 0.340 e. The van der Waals surface area contributed by atoms with E-state index in [1.165, 1.54) is 19.3 Å². The van der Waals surface area contributed by atoms with Crippen molar-refractivity contribution < 1.29 is 14.3 Å². The molecular weight excluding hydrogens is 484 g/mol. The Morgan fingerprint density at radius 2 is 1.64 bits per heavy atom. The lowest BCUT2D eigenvalue weighted by Gasteiger charge is -2.39. The first-order chi connectivity index (χ1) is 19.0. The van der Waals surface area contributed by atoms with Gasteiger partial charge in [0.25, 0.3) is 0 Å². The number of para-hydroxylation sites is 1. The third-order valence-corrected chi connectivity index (χ3v) is 7.87. The summed E-state index contributed by atoms with van der Waals surface area (Å²) in [4.78, 5) is 15.7. The van der Waals surface area contributed by atoms with Gasteiger partial charge in [-0.25, -0.2) is 4.79 Å². The molecule has 2 aliphatic rings. The Hall–Kier alpha value is -4.25. The second-order valence-corrected chi connectivity index (χ2v) is 10.5. The normalized spacial score (nSPS) is 16.6. The van der Waals surface area contributed by atoms with Crippen molar-refractivity contribution in [2.24, 2.45) is 0 Å². The van der Waals surface area contributed by atoms with E-state index in [4.69, 9.17) is 9.47 Å². The van der Waals surface area contributed by atoms with E-state index in [-0.39, 0.29) is 5.97 Å². The maximum atomic E-state index is 13.4. The summed E-state index contributed by atoms with van der Waals surface area (Å²) in [5, 5.41) is 3.56. The molecule has 1 spiro atoms. The van der Waals surface area contributed by atoms with Crippen molar-refractivity contribution in [2.75, 3.05) is 23.8 Å². The fourth-order valence-electron chi connectivity index (χ4n) is 5.88.